The second-order valence-corrected chi connectivity index (χ2v) is 15.2. The quantitative estimate of drug-likeness (QED) is 0.165. The predicted molar refractivity (Wildman–Crippen MR) is 156 cm³/mol. The van der Waals surface area contributed by atoms with Gasteiger partial charge in [0.25, 0.3) is 11.6 Å². The Balaban J connectivity index is 1.53. The topological polar surface area (TPSA) is 133 Å². The zero-order valence-electron chi connectivity index (χ0n) is 23.1. The van der Waals surface area contributed by atoms with Crippen LogP contribution in [-0.2, 0) is 26.5 Å². The number of benzene rings is 3. The Kier molecular flexibility index (Phi) is 7.55. The van der Waals surface area contributed by atoms with Gasteiger partial charge in [-0.1, -0.05) is 37.3 Å². The molecular weight excluding hydrogens is 542 g/mol. The summed E-state index contributed by atoms with van der Waals surface area (Å²) in [7, 11) is -2.89. The van der Waals surface area contributed by atoms with E-state index in [0.717, 1.165) is 17.7 Å². The van der Waals surface area contributed by atoms with Crippen molar-refractivity contribution in [2.24, 2.45) is 5.92 Å². The van der Waals surface area contributed by atoms with E-state index in [1.807, 2.05) is 49.4 Å². The van der Waals surface area contributed by atoms with E-state index in [1.165, 1.54) is 17.0 Å². The number of anilines is 3. The highest BCUT2D eigenvalue weighted by molar-refractivity contribution is 6.71. The molecule has 0 aliphatic carbocycles. The maximum Gasteiger partial charge on any atom is 0.269 e. The molecule has 1 fully saturated rings. The van der Waals surface area contributed by atoms with Gasteiger partial charge in [0.2, 0.25) is 6.41 Å². The lowest BCUT2D eigenvalue weighted by atomic mass is 9.82. The van der Waals surface area contributed by atoms with Gasteiger partial charge in [0.1, 0.15) is 0 Å². The first-order valence-electron chi connectivity index (χ1n) is 13.5. The van der Waals surface area contributed by atoms with Crippen molar-refractivity contribution in [2.45, 2.75) is 50.2 Å². The maximum atomic E-state index is 14.4. The molecular formula is C30H33N3O7Si. The van der Waals surface area contributed by atoms with Crippen LogP contribution in [0.5, 0.6) is 0 Å². The summed E-state index contributed by atoms with van der Waals surface area (Å²) >= 11 is 0. The van der Waals surface area contributed by atoms with Crippen LogP contribution < -0.4 is 9.80 Å². The molecule has 2 N–H and O–H groups in total. The highest BCUT2D eigenvalue weighted by Gasteiger charge is 2.66. The molecule has 41 heavy (non-hydrogen) atoms. The Labute approximate surface area is 239 Å². The van der Waals surface area contributed by atoms with E-state index in [-0.39, 0.29) is 36.7 Å². The van der Waals surface area contributed by atoms with E-state index in [4.69, 9.17) is 4.74 Å². The molecule has 2 aliphatic heterocycles. The minimum Gasteiger partial charge on any atom is -0.432 e. The number of ether oxygens (including phenoxy) is 1. The number of nitro groups is 1. The Morgan fingerprint density at radius 1 is 1.10 bits per heavy atom. The number of amides is 2. The minimum absolute atomic E-state index is 0.157. The molecule has 0 radical (unpaired) electrons. The van der Waals surface area contributed by atoms with Crippen molar-refractivity contribution in [3.8, 4) is 0 Å². The van der Waals surface area contributed by atoms with Crippen LogP contribution in [0.2, 0.25) is 18.6 Å². The lowest BCUT2D eigenvalue weighted by Crippen LogP contribution is -2.46. The summed E-state index contributed by atoms with van der Waals surface area (Å²) in [6.07, 6.45) is 0.399. The van der Waals surface area contributed by atoms with Gasteiger partial charge in [-0.2, -0.15) is 0 Å². The van der Waals surface area contributed by atoms with Gasteiger partial charge in [0.05, 0.1) is 23.3 Å². The van der Waals surface area contributed by atoms with Gasteiger partial charge in [-0.05, 0) is 55.4 Å². The fraction of sp³-hybridized carbons (Fsp3) is 0.333. The van der Waals surface area contributed by atoms with E-state index in [2.05, 4.69) is 0 Å². The molecule has 0 aromatic heterocycles. The number of non-ortho nitro benzene ring substituents is 1. The third-order valence-corrected chi connectivity index (χ3v) is 10.8. The number of fused-ring (bicyclic) bond motifs is 2. The zero-order chi connectivity index (χ0) is 29.5. The first-order valence-corrected chi connectivity index (χ1v) is 16.6. The van der Waals surface area contributed by atoms with Crippen LogP contribution in [0.3, 0.4) is 0 Å². The van der Waals surface area contributed by atoms with Crippen molar-refractivity contribution >= 4 is 43.4 Å². The normalized spacial score (nSPS) is 23.6. The summed E-state index contributed by atoms with van der Waals surface area (Å²) in [6, 6.07) is 20.8. The standard InChI is InChI=1S/C30H33N3O7Si/c1-20-28(41(2,3)39)27(15-16-34)40-30(20)25-17-24(33(37)38)13-14-26(25)31(29(30)36)18-21-9-11-23(12-10-21)32(19-35)22-7-5-4-6-8-22/h4-14,17,19-20,27-28,34,39H,15-16,18H2,1-3H3/t20-,27+,28-,30+/m1/s1. The lowest BCUT2D eigenvalue weighted by molar-refractivity contribution is -0.385. The number of carbonyl (C=O) groups excluding carboxylic acids is 2. The summed E-state index contributed by atoms with van der Waals surface area (Å²) in [4.78, 5) is 51.7. The molecule has 2 amide bonds. The molecule has 214 valence electrons. The van der Waals surface area contributed by atoms with Crippen molar-refractivity contribution in [1.29, 1.82) is 0 Å². The predicted octanol–water partition coefficient (Wildman–Crippen LogP) is 4.62. The third-order valence-electron chi connectivity index (χ3n) is 8.29. The van der Waals surface area contributed by atoms with Gasteiger partial charge in [0.15, 0.2) is 13.9 Å². The molecule has 0 bridgehead atoms. The van der Waals surface area contributed by atoms with Crippen LogP contribution in [0.1, 0.15) is 24.5 Å². The fourth-order valence-corrected chi connectivity index (χ4v) is 9.14. The number of nitro benzene ring substituents is 1. The second kappa shape index (κ2) is 10.8. The van der Waals surface area contributed by atoms with Crippen LogP contribution in [-0.4, -0.2) is 48.2 Å². The number of carbonyl (C=O) groups is 2. The van der Waals surface area contributed by atoms with E-state index in [9.17, 15) is 29.6 Å². The van der Waals surface area contributed by atoms with E-state index in [1.54, 1.807) is 36.2 Å². The third kappa shape index (κ3) is 4.84. The number of hydrogen-bond acceptors (Lipinski definition) is 7. The molecule has 4 atom stereocenters. The average molecular weight is 576 g/mol. The van der Waals surface area contributed by atoms with E-state index < -0.39 is 30.9 Å². The summed E-state index contributed by atoms with van der Waals surface area (Å²) in [6.45, 7) is 5.41. The highest BCUT2D eigenvalue weighted by atomic mass is 28.4. The number of nitrogens with zero attached hydrogens (tertiary/aromatic N) is 3. The van der Waals surface area contributed by atoms with Crippen LogP contribution in [0.4, 0.5) is 22.7 Å². The average Bonchev–Trinajstić information content (AvgIpc) is 3.37. The molecule has 11 heteroatoms. The van der Waals surface area contributed by atoms with Gasteiger partial charge in [-0.3, -0.25) is 24.6 Å². The van der Waals surface area contributed by atoms with Gasteiger partial charge in [-0.25, -0.2) is 0 Å². The van der Waals surface area contributed by atoms with Crippen molar-refractivity contribution < 1.29 is 29.2 Å². The number of rotatable bonds is 9. The maximum absolute atomic E-state index is 14.4. The molecule has 5 rings (SSSR count). The second-order valence-electron chi connectivity index (χ2n) is 11.2. The lowest BCUT2D eigenvalue weighted by Gasteiger charge is -2.32. The number of aliphatic hydroxyl groups excluding tert-OH is 1. The first-order chi connectivity index (χ1) is 19.5. The summed E-state index contributed by atoms with van der Waals surface area (Å²) in [5, 5.41) is 21.5. The largest absolute Gasteiger partial charge is 0.432 e. The van der Waals surface area contributed by atoms with Crippen LogP contribution in [0.25, 0.3) is 0 Å². The molecule has 1 spiro atoms. The summed E-state index contributed by atoms with van der Waals surface area (Å²) in [5.41, 5.74) is 1.02. The Morgan fingerprint density at radius 3 is 2.34 bits per heavy atom. The number of para-hydroxylation sites is 1. The van der Waals surface area contributed by atoms with Crippen molar-refractivity contribution in [1.82, 2.24) is 0 Å². The van der Waals surface area contributed by atoms with Gasteiger partial charge >= 0.3 is 0 Å². The molecule has 0 unspecified atom stereocenters. The first kappa shape index (κ1) is 28.6. The van der Waals surface area contributed by atoms with Gasteiger partial charge < -0.3 is 19.5 Å². The van der Waals surface area contributed by atoms with Gasteiger partial charge in [0, 0.05) is 47.1 Å². The molecule has 0 saturated carbocycles. The van der Waals surface area contributed by atoms with E-state index >= 15 is 0 Å². The van der Waals surface area contributed by atoms with Crippen LogP contribution in [0, 0.1) is 16.0 Å². The smallest absolute Gasteiger partial charge is 0.269 e. The number of aliphatic hydroxyl groups is 1. The number of hydrogen-bond donors (Lipinski definition) is 2. The monoisotopic (exact) mass is 575 g/mol. The van der Waals surface area contributed by atoms with Crippen molar-refractivity contribution in [3.63, 3.8) is 0 Å². The van der Waals surface area contributed by atoms with E-state index in [0.29, 0.717) is 16.9 Å². The minimum atomic E-state index is -2.89. The highest BCUT2D eigenvalue weighted by Crippen LogP contribution is 2.60. The Hall–Kier alpha value is -3.90. The SMILES string of the molecule is C[C@@H]1[C@@H]([Si](C)(C)O)[C@H](CCO)O[C@@]12C(=O)N(Cc1ccc(N(C=O)c3ccccc3)cc1)c1ccc([N+](=O)[O-])cc12. The molecule has 2 aliphatic rings. The summed E-state index contributed by atoms with van der Waals surface area (Å²) < 4.78 is 6.51. The van der Waals surface area contributed by atoms with Gasteiger partial charge in [-0.15, -0.1) is 0 Å². The summed E-state index contributed by atoms with van der Waals surface area (Å²) in [5.74, 6) is -0.842. The molecule has 2 heterocycles. The van der Waals surface area contributed by atoms with Crippen molar-refractivity contribution in [2.75, 3.05) is 16.4 Å². The fourth-order valence-electron chi connectivity index (χ4n) is 6.54. The molecule has 10 nitrogen and oxygen atoms in total. The molecule has 3 aromatic rings. The van der Waals surface area contributed by atoms with Crippen molar-refractivity contribution in [3.05, 3.63) is 94.0 Å². The Morgan fingerprint density at radius 2 is 1.76 bits per heavy atom. The molecule has 1 saturated heterocycles. The van der Waals surface area contributed by atoms with Crippen LogP contribution >= 0.6 is 0 Å². The van der Waals surface area contributed by atoms with Crippen LogP contribution in [0.15, 0.2) is 72.8 Å². The Bertz CT molecular complexity index is 1460. The molecule has 3 aromatic carbocycles. The zero-order valence-corrected chi connectivity index (χ0v) is 24.1.